The highest BCUT2D eigenvalue weighted by molar-refractivity contribution is 5.90. The van der Waals surface area contributed by atoms with Crippen molar-refractivity contribution in [1.29, 1.82) is 0 Å². The lowest BCUT2D eigenvalue weighted by Crippen LogP contribution is -2.33. The molecule has 0 bridgehead atoms. The number of anilines is 4. The standard InChI is InChI=1S/C27H26FN7O2/c1-17-8-9-20(33-27(36)35-24(10-12-37-35)18-5-3-6-19(28)13-18)14-22(17)34-26-21(7-4-11-30-26)23-15-25(29-2)32-16-31-23/h3-9,11,13-16,24H,10,12H2,1-2H3,(H,30,34)(H,33,36)(H,29,31,32)/t24-/m1/s1. The van der Waals surface area contributed by atoms with Crippen LogP contribution >= 0.6 is 0 Å². The Balaban J connectivity index is 1.36. The number of aryl methyl sites for hydroxylation is 1. The summed E-state index contributed by atoms with van der Waals surface area (Å²) >= 11 is 0. The minimum absolute atomic E-state index is 0.350. The Morgan fingerprint density at radius 3 is 2.81 bits per heavy atom. The molecule has 2 aromatic heterocycles. The van der Waals surface area contributed by atoms with Gasteiger partial charge in [0.05, 0.1) is 18.3 Å². The lowest BCUT2D eigenvalue weighted by Gasteiger charge is -2.23. The molecular weight excluding hydrogens is 473 g/mol. The fourth-order valence-corrected chi connectivity index (χ4v) is 4.18. The Bertz CT molecular complexity index is 1430. The van der Waals surface area contributed by atoms with E-state index < -0.39 is 6.03 Å². The minimum atomic E-state index is -0.430. The number of halogens is 1. The third kappa shape index (κ3) is 5.34. The summed E-state index contributed by atoms with van der Waals surface area (Å²) in [7, 11) is 1.80. The first-order chi connectivity index (χ1) is 18.0. The van der Waals surface area contributed by atoms with E-state index in [1.807, 2.05) is 43.3 Å². The van der Waals surface area contributed by atoms with Crippen LogP contribution in [0, 0.1) is 12.7 Å². The molecule has 3 heterocycles. The van der Waals surface area contributed by atoms with E-state index in [-0.39, 0.29) is 11.9 Å². The Labute approximate surface area is 213 Å². The first kappa shape index (κ1) is 24.1. The highest BCUT2D eigenvalue weighted by atomic mass is 19.1. The van der Waals surface area contributed by atoms with Gasteiger partial charge < -0.3 is 16.0 Å². The predicted molar refractivity (Wildman–Crippen MR) is 140 cm³/mol. The van der Waals surface area contributed by atoms with Crippen molar-refractivity contribution in [3.63, 3.8) is 0 Å². The Hall–Kier alpha value is -4.57. The van der Waals surface area contributed by atoms with Crippen molar-refractivity contribution in [2.45, 2.75) is 19.4 Å². The van der Waals surface area contributed by atoms with Crippen LogP contribution in [0.1, 0.15) is 23.6 Å². The van der Waals surface area contributed by atoms with Gasteiger partial charge in [-0.1, -0.05) is 18.2 Å². The molecule has 1 fully saturated rings. The van der Waals surface area contributed by atoms with Crippen LogP contribution in [0.5, 0.6) is 0 Å². The van der Waals surface area contributed by atoms with E-state index in [2.05, 4.69) is 30.9 Å². The molecule has 0 spiro atoms. The summed E-state index contributed by atoms with van der Waals surface area (Å²) in [6.07, 6.45) is 3.78. The molecule has 9 nitrogen and oxygen atoms in total. The molecule has 1 saturated heterocycles. The van der Waals surface area contributed by atoms with Crippen molar-refractivity contribution < 1.29 is 14.0 Å². The smallest absolute Gasteiger partial charge is 0.346 e. The SMILES string of the molecule is CNc1cc(-c2cccnc2Nc2cc(NC(=O)N3OCC[C@@H]3c3cccc(F)c3)ccc2C)ncn1. The zero-order valence-corrected chi connectivity index (χ0v) is 20.4. The second-order valence-corrected chi connectivity index (χ2v) is 8.54. The highest BCUT2D eigenvalue weighted by Gasteiger charge is 2.32. The Morgan fingerprint density at radius 1 is 1.08 bits per heavy atom. The van der Waals surface area contributed by atoms with E-state index >= 15 is 0 Å². The summed E-state index contributed by atoms with van der Waals surface area (Å²) < 4.78 is 13.7. The molecule has 0 saturated carbocycles. The van der Waals surface area contributed by atoms with Crippen LogP contribution in [0.15, 0.2) is 73.2 Å². The van der Waals surface area contributed by atoms with Crippen molar-refractivity contribution in [2.75, 3.05) is 29.6 Å². The number of hydrogen-bond acceptors (Lipinski definition) is 7. The zero-order valence-electron chi connectivity index (χ0n) is 20.4. The molecule has 37 heavy (non-hydrogen) atoms. The van der Waals surface area contributed by atoms with E-state index in [4.69, 9.17) is 4.84 Å². The number of urea groups is 1. The highest BCUT2D eigenvalue weighted by Crippen LogP contribution is 2.33. The normalized spacial score (nSPS) is 14.9. The number of nitrogens with one attached hydrogen (secondary N) is 3. The van der Waals surface area contributed by atoms with E-state index in [0.29, 0.717) is 41.6 Å². The lowest BCUT2D eigenvalue weighted by molar-refractivity contribution is -0.0830. The molecule has 10 heteroatoms. The minimum Gasteiger partial charge on any atom is -0.373 e. The van der Waals surface area contributed by atoms with Crippen LogP contribution in [0.4, 0.5) is 32.2 Å². The molecule has 188 valence electrons. The molecule has 1 atom stereocenters. The first-order valence-corrected chi connectivity index (χ1v) is 11.8. The second-order valence-electron chi connectivity index (χ2n) is 8.54. The van der Waals surface area contributed by atoms with E-state index in [9.17, 15) is 9.18 Å². The third-order valence-corrected chi connectivity index (χ3v) is 6.09. The van der Waals surface area contributed by atoms with Crippen molar-refractivity contribution in [1.82, 2.24) is 20.0 Å². The third-order valence-electron chi connectivity index (χ3n) is 6.09. The van der Waals surface area contributed by atoms with Gasteiger partial charge in [-0.2, -0.15) is 5.06 Å². The topological polar surface area (TPSA) is 104 Å². The second kappa shape index (κ2) is 10.6. The summed E-state index contributed by atoms with van der Waals surface area (Å²) in [6.45, 7) is 2.33. The molecule has 0 radical (unpaired) electrons. The van der Waals surface area contributed by atoms with E-state index in [1.54, 1.807) is 25.4 Å². The summed E-state index contributed by atoms with van der Waals surface area (Å²) in [5.41, 5.74) is 4.51. The number of benzene rings is 2. The summed E-state index contributed by atoms with van der Waals surface area (Å²) in [6, 6.07) is 16.6. The molecule has 1 aliphatic heterocycles. The van der Waals surface area contributed by atoms with Gasteiger partial charge in [-0.15, -0.1) is 0 Å². The van der Waals surface area contributed by atoms with Gasteiger partial charge >= 0.3 is 6.03 Å². The van der Waals surface area contributed by atoms with Gasteiger partial charge in [0.1, 0.15) is 23.8 Å². The average molecular weight is 500 g/mol. The van der Waals surface area contributed by atoms with Gasteiger partial charge in [0, 0.05) is 42.7 Å². The van der Waals surface area contributed by atoms with Crippen molar-refractivity contribution in [3.05, 3.63) is 90.1 Å². The van der Waals surface area contributed by atoms with Crippen molar-refractivity contribution in [3.8, 4) is 11.3 Å². The number of amides is 2. The number of pyridine rings is 1. The molecule has 0 aliphatic carbocycles. The van der Waals surface area contributed by atoms with E-state index in [0.717, 1.165) is 16.8 Å². The molecule has 5 rings (SSSR count). The average Bonchev–Trinajstić information content (AvgIpc) is 3.41. The number of rotatable bonds is 6. The molecular formula is C27H26FN7O2. The number of nitrogens with zero attached hydrogens (tertiary/aromatic N) is 4. The van der Waals surface area contributed by atoms with Gasteiger partial charge in [0.25, 0.3) is 0 Å². The van der Waals surface area contributed by atoms with E-state index in [1.165, 1.54) is 23.5 Å². The fourth-order valence-electron chi connectivity index (χ4n) is 4.18. The lowest BCUT2D eigenvalue weighted by atomic mass is 10.0. The van der Waals surface area contributed by atoms with Gasteiger partial charge in [0.2, 0.25) is 0 Å². The number of carbonyl (C=O) groups is 1. The maximum Gasteiger partial charge on any atom is 0.346 e. The summed E-state index contributed by atoms with van der Waals surface area (Å²) in [5.74, 6) is 0.960. The van der Waals surface area contributed by atoms with Crippen LogP contribution in [-0.4, -0.2) is 39.7 Å². The predicted octanol–water partition coefficient (Wildman–Crippen LogP) is 5.68. The Kier molecular flexibility index (Phi) is 6.91. The molecule has 0 unspecified atom stereocenters. The number of aromatic nitrogens is 3. The van der Waals surface area contributed by atoms with Crippen molar-refractivity contribution >= 4 is 29.0 Å². The number of hydroxylamine groups is 2. The summed E-state index contributed by atoms with van der Waals surface area (Å²) in [4.78, 5) is 31.7. The van der Waals surface area contributed by atoms with Crippen molar-refractivity contribution in [2.24, 2.45) is 0 Å². The van der Waals surface area contributed by atoms with Crippen LogP contribution in [-0.2, 0) is 4.84 Å². The maximum atomic E-state index is 13.7. The fraction of sp³-hybridized carbons (Fsp3) is 0.185. The van der Waals surface area contributed by atoms with Gasteiger partial charge in [-0.25, -0.2) is 24.1 Å². The maximum absolute atomic E-state index is 13.7. The van der Waals surface area contributed by atoms with Crippen LogP contribution in [0.3, 0.4) is 0 Å². The van der Waals surface area contributed by atoms with Crippen LogP contribution in [0.2, 0.25) is 0 Å². The quantitative estimate of drug-likeness (QED) is 0.313. The van der Waals surface area contributed by atoms with Gasteiger partial charge in [0.15, 0.2) is 0 Å². The zero-order chi connectivity index (χ0) is 25.8. The van der Waals surface area contributed by atoms with Gasteiger partial charge in [-0.05, 0) is 54.4 Å². The molecule has 4 aromatic rings. The molecule has 3 N–H and O–H groups in total. The van der Waals surface area contributed by atoms with Crippen LogP contribution < -0.4 is 16.0 Å². The summed E-state index contributed by atoms with van der Waals surface area (Å²) in [5, 5.41) is 10.5. The largest absolute Gasteiger partial charge is 0.373 e. The van der Waals surface area contributed by atoms with Crippen LogP contribution in [0.25, 0.3) is 11.3 Å². The number of carbonyl (C=O) groups excluding carboxylic acids is 1. The molecule has 2 amide bonds. The monoisotopic (exact) mass is 499 g/mol. The Morgan fingerprint density at radius 2 is 1.97 bits per heavy atom. The first-order valence-electron chi connectivity index (χ1n) is 11.8. The number of hydrogen-bond donors (Lipinski definition) is 3. The van der Waals surface area contributed by atoms with Gasteiger partial charge in [-0.3, -0.25) is 4.84 Å². The molecule has 1 aliphatic rings. The molecule has 2 aromatic carbocycles.